The van der Waals surface area contributed by atoms with Crippen LogP contribution in [-0.2, 0) is 26.2 Å². The van der Waals surface area contributed by atoms with E-state index in [2.05, 4.69) is 21.2 Å². The zero-order valence-electron chi connectivity index (χ0n) is 24.1. The molecule has 0 saturated heterocycles. The van der Waals surface area contributed by atoms with Crippen molar-refractivity contribution in [3.05, 3.63) is 82.6 Å². The van der Waals surface area contributed by atoms with Crippen molar-refractivity contribution in [2.45, 2.75) is 50.7 Å². The van der Waals surface area contributed by atoms with Gasteiger partial charge in [-0.3, -0.25) is 13.9 Å². The van der Waals surface area contributed by atoms with Gasteiger partial charge in [0.25, 0.3) is 10.0 Å². The lowest BCUT2D eigenvalue weighted by molar-refractivity contribution is -0.139. The van der Waals surface area contributed by atoms with Crippen LogP contribution in [0.1, 0.15) is 32.8 Å². The Hall–Kier alpha value is -3.64. The maximum Gasteiger partial charge on any atom is 0.264 e. The van der Waals surface area contributed by atoms with Gasteiger partial charge in [0.15, 0.2) is 11.5 Å². The first-order chi connectivity index (χ1) is 19.9. The van der Waals surface area contributed by atoms with Crippen LogP contribution < -0.4 is 19.1 Å². The molecule has 0 aliphatic rings. The fraction of sp³-hybridized carbons (Fsp3) is 0.333. The van der Waals surface area contributed by atoms with Crippen molar-refractivity contribution in [3.63, 3.8) is 0 Å². The summed E-state index contributed by atoms with van der Waals surface area (Å²) in [5.74, 6) is -1.07. The number of hydrogen-bond acceptors (Lipinski definition) is 6. The summed E-state index contributed by atoms with van der Waals surface area (Å²) in [6.07, 6.45) is 0.694. The summed E-state index contributed by atoms with van der Waals surface area (Å²) in [5.41, 5.74) is 0.802. The van der Waals surface area contributed by atoms with Gasteiger partial charge in [-0.2, -0.15) is 0 Å². The normalized spacial score (nSPS) is 12.6. The highest BCUT2D eigenvalue weighted by molar-refractivity contribution is 9.10. The minimum Gasteiger partial charge on any atom is -0.493 e. The topological polar surface area (TPSA) is 105 Å². The van der Waals surface area contributed by atoms with Crippen molar-refractivity contribution in [3.8, 4) is 11.5 Å². The molecule has 42 heavy (non-hydrogen) atoms. The molecule has 226 valence electrons. The number of benzene rings is 3. The van der Waals surface area contributed by atoms with Crippen LogP contribution in [0.2, 0.25) is 0 Å². The highest BCUT2D eigenvalue weighted by Crippen LogP contribution is 2.32. The number of nitrogens with one attached hydrogen (secondary N) is 1. The number of carbonyl (C=O) groups is 2. The molecule has 3 aromatic rings. The van der Waals surface area contributed by atoms with Crippen molar-refractivity contribution < 1.29 is 31.9 Å². The Bertz CT molecular complexity index is 1500. The molecule has 0 saturated carbocycles. The number of methoxy groups -OCH3 is 2. The highest BCUT2D eigenvalue weighted by Gasteiger charge is 2.33. The molecule has 0 aliphatic carbocycles. The van der Waals surface area contributed by atoms with Crippen LogP contribution in [0.25, 0.3) is 0 Å². The molecule has 2 unspecified atom stereocenters. The van der Waals surface area contributed by atoms with Crippen LogP contribution in [0.4, 0.5) is 10.1 Å². The van der Waals surface area contributed by atoms with Gasteiger partial charge in [-0.1, -0.05) is 35.0 Å². The Morgan fingerprint density at radius 2 is 1.64 bits per heavy atom. The molecular formula is C30H35BrFN3O6S. The van der Waals surface area contributed by atoms with Gasteiger partial charge in [-0.25, -0.2) is 12.8 Å². The number of amides is 2. The lowest BCUT2D eigenvalue weighted by Crippen LogP contribution is -2.52. The quantitative estimate of drug-likeness (QED) is 0.272. The molecule has 0 bridgehead atoms. The molecule has 2 amide bonds. The number of nitrogens with zero attached hydrogens (tertiary/aromatic N) is 2. The van der Waals surface area contributed by atoms with E-state index in [9.17, 15) is 22.4 Å². The second kappa shape index (κ2) is 14.5. The fourth-order valence-electron chi connectivity index (χ4n) is 4.12. The van der Waals surface area contributed by atoms with Crippen molar-refractivity contribution >= 4 is 43.5 Å². The average molecular weight is 665 g/mol. The van der Waals surface area contributed by atoms with E-state index >= 15 is 0 Å². The molecule has 9 nitrogen and oxygen atoms in total. The summed E-state index contributed by atoms with van der Waals surface area (Å²) in [5, 5.41) is 2.89. The van der Waals surface area contributed by atoms with E-state index in [0.717, 1.165) is 26.5 Å². The van der Waals surface area contributed by atoms with Crippen LogP contribution in [0.15, 0.2) is 76.1 Å². The Labute approximate surface area is 254 Å². The first kappa shape index (κ1) is 32.9. The first-order valence-electron chi connectivity index (χ1n) is 13.3. The molecule has 0 aliphatic heterocycles. The van der Waals surface area contributed by atoms with Crippen molar-refractivity contribution in [2.24, 2.45) is 0 Å². The van der Waals surface area contributed by atoms with Gasteiger partial charge in [0.05, 0.1) is 24.8 Å². The number of carbonyl (C=O) groups excluding carboxylic acids is 2. The van der Waals surface area contributed by atoms with Crippen molar-refractivity contribution in [1.82, 2.24) is 10.2 Å². The van der Waals surface area contributed by atoms with Gasteiger partial charge in [0, 0.05) is 23.1 Å². The maximum absolute atomic E-state index is 14.0. The molecule has 0 spiro atoms. The number of ether oxygens (including phenoxy) is 2. The SMILES string of the molecule is CCC(C)NC(=O)C(C)N(Cc1cccc(Br)c1)C(=O)CN(c1ccc(F)cc1)S(=O)(=O)c1ccc(OC)c(OC)c1. The van der Waals surface area contributed by atoms with Gasteiger partial charge in [-0.15, -0.1) is 0 Å². The van der Waals surface area contributed by atoms with Gasteiger partial charge >= 0.3 is 0 Å². The number of rotatable bonds is 13. The number of sulfonamides is 1. The monoisotopic (exact) mass is 663 g/mol. The second-order valence-electron chi connectivity index (χ2n) is 9.65. The third-order valence-electron chi connectivity index (χ3n) is 6.75. The van der Waals surface area contributed by atoms with E-state index in [1.807, 2.05) is 32.0 Å². The minimum atomic E-state index is -4.38. The van der Waals surface area contributed by atoms with Crippen LogP contribution in [0.3, 0.4) is 0 Å². The van der Waals surface area contributed by atoms with Crippen molar-refractivity contribution in [1.29, 1.82) is 0 Å². The van der Waals surface area contributed by atoms with Crippen LogP contribution in [-0.4, -0.2) is 58.0 Å². The first-order valence-corrected chi connectivity index (χ1v) is 15.5. The predicted molar refractivity (Wildman–Crippen MR) is 163 cm³/mol. The van der Waals surface area contributed by atoms with E-state index in [4.69, 9.17) is 9.47 Å². The molecule has 0 radical (unpaired) electrons. The van der Waals surface area contributed by atoms with E-state index in [0.29, 0.717) is 12.2 Å². The summed E-state index contributed by atoms with van der Waals surface area (Å²) in [7, 11) is -1.58. The molecule has 1 N–H and O–H groups in total. The van der Waals surface area contributed by atoms with E-state index in [1.165, 1.54) is 49.5 Å². The average Bonchev–Trinajstić information content (AvgIpc) is 2.98. The molecule has 0 aromatic heterocycles. The molecular weight excluding hydrogens is 629 g/mol. The minimum absolute atomic E-state index is 0.0427. The number of hydrogen-bond donors (Lipinski definition) is 1. The lowest BCUT2D eigenvalue weighted by atomic mass is 10.1. The highest BCUT2D eigenvalue weighted by atomic mass is 79.9. The molecule has 0 fully saturated rings. The number of halogens is 2. The standard InChI is InChI=1S/C30H35BrFN3O6S/c1-6-20(2)33-30(37)21(3)34(18-22-8-7-9-23(31)16-22)29(36)19-35(25-12-10-24(32)11-13-25)42(38,39)26-14-15-27(40-4)28(17-26)41-5/h7-17,20-21H,6,18-19H2,1-5H3,(H,33,37). The van der Waals surface area contributed by atoms with E-state index in [1.54, 1.807) is 13.0 Å². The third kappa shape index (κ3) is 8.01. The zero-order chi connectivity index (χ0) is 31.0. The predicted octanol–water partition coefficient (Wildman–Crippen LogP) is 5.13. The van der Waals surface area contributed by atoms with Gasteiger partial charge < -0.3 is 19.7 Å². The zero-order valence-corrected chi connectivity index (χ0v) is 26.5. The van der Waals surface area contributed by atoms with Gasteiger partial charge in [0.2, 0.25) is 11.8 Å². The third-order valence-corrected chi connectivity index (χ3v) is 9.01. The van der Waals surface area contributed by atoms with Gasteiger partial charge in [-0.05, 0) is 74.4 Å². The summed E-state index contributed by atoms with van der Waals surface area (Å²) < 4.78 is 54.0. The Balaban J connectivity index is 2.06. The van der Waals surface area contributed by atoms with E-state index in [-0.39, 0.29) is 34.8 Å². The van der Waals surface area contributed by atoms with E-state index < -0.39 is 34.3 Å². The molecule has 3 rings (SSSR count). The fourth-order valence-corrected chi connectivity index (χ4v) is 6.00. The number of anilines is 1. The Morgan fingerprint density at radius 1 is 0.976 bits per heavy atom. The van der Waals surface area contributed by atoms with Crippen LogP contribution >= 0.6 is 15.9 Å². The Morgan fingerprint density at radius 3 is 2.24 bits per heavy atom. The lowest BCUT2D eigenvalue weighted by Gasteiger charge is -2.32. The largest absolute Gasteiger partial charge is 0.493 e. The Kier molecular flexibility index (Phi) is 11.3. The summed E-state index contributed by atoms with van der Waals surface area (Å²) in [4.78, 5) is 28.3. The van der Waals surface area contributed by atoms with Gasteiger partial charge in [0.1, 0.15) is 18.4 Å². The molecule has 2 atom stereocenters. The summed E-state index contributed by atoms with van der Waals surface area (Å²) in [6, 6.07) is 15.0. The molecule has 0 heterocycles. The van der Waals surface area contributed by atoms with Crippen LogP contribution in [0.5, 0.6) is 11.5 Å². The summed E-state index contributed by atoms with van der Waals surface area (Å²) in [6.45, 7) is 4.77. The van der Waals surface area contributed by atoms with Crippen molar-refractivity contribution in [2.75, 3.05) is 25.1 Å². The summed E-state index contributed by atoms with van der Waals surface area (Å²) >= 11 is 3.43. The smallest absolute Gasteiger partial charge is 0.264 e. The van der Waals surface area contributed by atoms with Crippen LogP contribution in [0, 0.1) is 5.82 Å². The maximum atomic E-state index is 14.0. The molecule has 3 aromatic carbocycles. The second-order valence-corrected chi connectivity index (χ2v) is 12.4. The molecule has 12 heteroatoms.